The van der Waals surface area contributed by atoms with Gasteiger partial charge in [-0.2, -0.15) is 0 Å². The second-order valence-corrected chi connectivity index (χ2v) is 6.43. The maximum Gasteiger partial charge on any atom is 0.332 e. The molecule has 7 heteroatoms. The van der Waals surface area contributed by atoms with E-state index in [1.54, 1.807) is 17.7 Å². The third kappa shape index (κ3) is 2.71. The normalized spacial score (nSPS) is 21.8. The van der Waals surface area contributed by atoms with E-state index in [4.69, 9.17) is 9.84 Å². The van der Waals surface area contributed by atoms with Gasteiger partial charge in [0.15, 0.2) is 6.10 Å². The lowest BCUT2D eigenvalue weighted by atomic mass is 10.2. The second-order valence-electron chi connectivity index (χ2n) is 5.23. The lowest BCUT2D eigenvalue weighted by molar-refractivity contribution is -0.149. The monoisotopic (exact) mass is 307 g/mol. The van der Waals surface area contributed by atoms with Crippen LogP contribution in [0.3, 0.4) is 0 Å². The van der Waals surface area contributed by atoms with Gasteiger partial charge in [0.05, 0.1) is 11.5 Å². The summed E-state index contributed by atoms with van der Waals surface area (Å²) in [5.41, 5.74) is 1.19. The van der Waals surface area contributed by atoms with Gasteiger partial charge in [-0.3, -0.25) is 0 Å². The molecule has 112 valence electrons. The minimum atomic E-state index is -0.883. The number of carboxylic acids is 1. The quantitative estimate of drug-likeness (QED) is 0.902. The summed E-state index contributed by atoms with van der Waals surface area (Å²) in [5.74, 6) is -0.0875. The Morgan fingerprint density at radius 2 is 2.29 bits per heavy atom. The van der Waals surface area contributed by atoms with Gasteiger partial charge < -0.3 is 15.2 Å². The van der Waals surface area contributed by atoms with Crippen LogP contribution >= 0.6 is 11.3 Å². The van der Waals surface area contributed by atoms with Crippen LogP contribution in [-0.2, 0) is 9.53 Å². The van der Waals surface area contributed by atoms with Crippen LogP contribution < -0.4 is 5.32 Å². The average Bonchev–Trinajstić information content (AvgIpc) is 3.03. The van der Waals surface area contributed by atoms with E-state index >= 15 is 0 Å². The molecule has 1 aliphatic rings. The van der Waals surface area contributed by atoms with E-state index in [1.165, 1.54) is 10.4 Å². The summed E-state index contributed by atoms with van der Waals surface area (Å²) in [5, 5.41) is 13.3. The topological polar surface area (TPSA) is 84.3 Å². The zero-order valence-electron chi connectivity index (χ0n) is 11.9. The van der Waals surface area contributed by atoms with Crippen molar-refractivity contribution in [2.45, 2.75) is 38.9 Å². The standard InChI is InChI=1S/C14H17N3O3S/c1-7-8(2)21-13-11(7)12(16-6-17-13)15-5-9-3-4-10(20-9)14(18)19/h6,9-10H,3-5H2,1-2H3,(H,18,19)(H,15,16,17). The summed E-state index contributed by atoms with van der Waals surface area (Å²) in [6, 6.07) is 0. The Balaban J connectivity index is 1.73. The Kier molecular flexibility index (Phi) is 3.77. The minimum absolute atomic E-state index is 0.0869. The zero-order chi connectivity index (χ0) is 15.0. The van der Waals surface area contributed by atoms with Crippen molar-refractivity contribution in [2.24, 2.45) is 0 Å². The number of aliphatic carboxylic acids is 1. The molecule has 2 unspecified atom stereocenters. The summed E-state index contributed by atoms with van der Waals surface area (Å²) in [7, 11) is 0. The van der Waals surface area contributed by atoms with Gasteiger partial charge in [-0.05, 0) is 32.3 Å². The smallest absolute Gasteiger partial charge is 0.332 e. The van der Waals surface area contributed by atoms with E-state index in [2.05, 4.69) is 29.1 Å². The number of carbonyl (C=O) groups is 1. The van der Waals surface area contributed by atoms with Crippen LogP contribution in [0.4, 0.5) is 5.82 Å². The Hall–Kier alpha value is -1.73. The molecule has 0 radical (unpaired) electrons. The van der Waals surface area contributed by atoms with Crippen molar-refractivity contribution in [3.8, 4) is 0 Å². The number of aromatic nitrogens is 2. The van der Waals surface area contributed by atoms with Gasteiger partial charge in [-0.25, -0.2) is 14.8 Å². The maximum atomic E-state index is 10.9. The highest BCUT2D eigenvalue weighted by molar-refractivity contribution is 7.18. The molecule has 2 N–H and O–H groups in total. The second kappa shape index (κ2) is 5.57. The van der Waals surface area contributed by atoms with Crippen molar-refractivity contribution in [3.63, 3.8) is 0 Å². The molecule has 2 aromatic heterocycles. The first-order valence-corrected chi connectivity index (χ1v) is 7.70. The summed E-state index contributed by atoms with van der Waals surface area (Å²) in [4.78, 5) is 21.7. The summed E-state index contributed by atoms with van der Waals surface area (Å²) >= 11 is 1.66. The van der Waals surface area contributed by atoms with Crippen LogP contribution in [-0.4, -0.2) is 39.8 Å². The van der Waals surface area contributed by atoms with E-state index < -0.39 is 12.1 Å². The van der Waals surface area contributed by atoms with Crippen molar-refractivity contribution < 1.29 is 14.6 Å². The number of carboxylic acid groups (broad SMARTS) is 1. The van der Waals surface area contributed by atoms with Crippen molar-refractivity contribution in [1.82, 2.24) is 9.97 Å². The summed E-state index contributed by atoms with van der Waals surface area (Å²) < 4.78 is 5.49. The van der Waals surface area contributed by atoms with Crippen molar-refractivity contribution in [2.75, 3.05) is 11.9 Å². The van der Waals surface area contributed by atoms with E-state index in [1.807, 2.05) is 0 Å². The van der Waals surface area contributed by atoms with Crippen LogP contribution in [0.25, 0.3) is 10.2 Å². The molecule has 1 aliphatic heterocycles. The van der Waals surface area contributed by atoms with E-state index in [-0.39, 0.29) is 6.10 Å². The molecule has 3 heterocycles. The molecular formula is C14H17N3O3S. The Morgan fingerprint density at radius 1 is 1.48 bits per heavy atom. The molecule has 0 spiro atoms. The molecule has 1 fully saturated rings. The van der Waals surface area contributed by atoms with Gasteiger partial charge in [0.1, 0.15) is 17.0 Å². The first-order valence-electron chi connectivity index (χ1n) is 6.89. The molecule has 0 saturated carbocycles. The minimum Gasteiger partial charge on any atom is -0.479 e. The van der Waals surface area contributed by atoms with Crippen molar-refractivity contribution in [1.29, 1.82) is 0 Å². The lowest BCUT2D eigenvalue weighted by Crippen LogP contribution is -2.24. The number of ether oxygens (including phenoxy) is 1. The van der Waals surface area contributed by atoms with Crippen LogP contribution in [0.5, 0.6) is 0 Å². The Morgan fingerprint density at radius 3 is 3.00 bits per heavy atom. The SMILES string of the molecule is Cc1sc2ncnc(NCC3CCC(C(=O)O)O3)c2c1C. The highest BCUT2D eigenvalue weighted by Gasteiger charge is 2.30. The third-order valence-electron chi connectivity index (χ3n) is 3.85. The number of hydrogen-bond acceptors (Lipinski definition) is 6. The molecule has 0 aromatic carbocycles. The molecule has 0 aliphatic carbocycles. The zero-order valence-corrected chi connectivity index (χ0v) is 12.7. The van der Waals surface area contributed by atoms with Crippen molar-refractivity contribution >= 4 is 33.3 Å². The molecule has 6 nitrogen and oxygen atoms in total. The number of aryl methyl sites for hydroxylation is 2. The molecule has 2 aromatic rings. The number of rotatable bonds is 4. The predicted molar refractivity (Wildman–Crippen MR) is 80.9 cm³/mol. The highest BCUT2D eigenvalue weighted by atomic mass is 32.1. The van der Waals surface area contributed by atoms with Gasteiger partial charge in [0.25, 0.3) is 0 Å². The van der Waals surface area contributed by atoms with E-state index in [9.17, 15) is 4.79 Å². The van der Waals surface area contributed by atoms with Crippen LogP contribution in [0.15, 0.2) is 6.33 Å². The van der Waals surface area contributed by atoms with Crippen LogP contribution in [0.2, 0.25) is 0 Å². The predicted octanol–water partition coefficient (Wildman–Crippen LogP) is 2.35. The Bertz CT molecular complexity index is 685. The van der Waals surface area contributed by atoms with Crippen LogP contribution in [0, 0.1) is 13.8 Å². The average molecular weight is 307 g/mol. The molecule has 3 rings (SSSR count). The van der Waals surface area contributed by atoms with Gasteiger partial charge in [-0.15, -0.1) is 11.3 Å². The highest BCUT2D eigenvalue weighted by Crippen LogP contribution is 2.32. The Labute approximate surface area is 126 Å². The first kappa shape index (κ1) is 14.2. The van der Waals surface area contributed by atoms with E-state index in [0.29, 0.717) is 13.0 Å². The fourth-order valence-electron chi connectivity index (χ4n) is 2.56. The molecule has 21 heavy (non-hydrogen) atoms. The van der Waals surface area contributed by atoms with Gasteiger partial charge in [-0.1, -0.05) is 0 Å². The van der Waals surface area contributed by atoms with Crippen LogP contribution in [0.1, 0.15) is 23.3 Å². The number of nitrogens with zero attached hydrogens (tertiary/aromatic N) is 2. The summed E-state index contributed by atoms with van der Waals surface area (Å²) in [6.45, 7) is 4.70. The number of hydrogen-bond donors (Lipinski definition) is 2. The molecule has 0 amide bonds. The fraction of sp³-hybridized carbons (Fsp3) is 0.500. The molecule has 0 bridgehead atoms. The first-order chi connectivity index (χ1) is 10.1. The number of nitrogens with one attached hydrogen (secondary N) is 1. The summed E-state index contributed by atoms with van der Waals surface area (Å²) in [6.07, 6.45) is 2.11. The number of thiophene rings is 1. The largest absolute Gasteiger partial charge is 0.479 e. The molecular weight excluding hydrogens is 290 g/mol. The third-order valence-corrected chi connectivity index (χ3v) is 4.96. The van der Waals surface area contributed by atoms with E-state index in [0.717, 1.165) is 22.5 Å². The fourth-order valence-corrected chi connectivity index (χ4v) is 3.56. The lowest BCUT2D eigenvalue weighted by Gasteiger charge is -2.13. The van der Waals surface area contributed by atoms with Gasteiger partial charge in [0, 0.05) is 11.4 Å². The number of fused-ring (bicyclic) bond motifs is 1. The van der Waals surface area contributed by atoms with Crippen molar-refractivity contribution in [3.05, 3.63) is 16.8 Å². The molecule has 1 saturated heterocycles. The number of anilines is 1. The molecule has 2 atom stereocenters. The van der Waals surface area contributed by atoms with Gasteiger partial charge >= 0.3 is 5.97 Å². The van der Waals surface area contributed by atoms with Gasteiger partial charge in [0.2, 0.25) is 0 Å². The maximum absolute atomic E-state index is 10.9.